The topological polar surface area (TPSA) is 61.2 Å². The molecule has 0 unspecified atom stereocenters. The summed E-state index contributed by atoms with van der Waals surface area (Å²) < 4.78 is 34.3. The summed E-state index contributed by atoms with van der Waals surface area (Å²) in [5.74, 6) is 0.956. The average Bonchev–Trinajstić information content (AvgIpc) is 3.31. The van der Waals surface area contributed by atoms with Gasteiger partial charge in [-0.2, -0.15) is 0 Å². The molecule has 39 heavy (non-hydrogen) atoms. The van der Waals surface area contributed by atoms with Gasteiger partial charge in [0.2, 0.25) is 10.0 Å². The number of ether oxygens (including phenoxy) is 1. The molecule has 0 aliphatic heterocycles. The molecule has 0 N–H and O–H groups in total. The lowest BCUT2D eigenvalue weighted by molar-refractivity contribution is 0.305. The van der Waals surface area contributed by atoms with Gasteiger partial charge in [-0.05, 0) is 71.3 Å². The van der Waals surface area contributed by atoms with Crippen molar-refractivity contribution < 1.29 is 13.2 Å². The van der Waals surface area contributed by atoms with Crippen LogP contribution in [0.1, 0.15) is 58.8 Å². The largest absolute Gasteiger partial charge is 0.489 e. The van der Waals surface area contributed by atoms with E-state index < -0.39 is 10.0 Å². The maximum Gasteiger partial charge on any atom is 0.243 e. The number of hydrogen-bond donors (Lipinski definition) is 0. The Bertz CT molecular complexity index is 1680. The second kappa shape index (κ2) is 11.1. The van der Waals surface area contributed by atoms with E-state index >= 15 is 0 Å². The SMILES string of the molecule is Cc1cc(OCc2ccccc2)cc(C)c1Cc1cc2c(C(C)C)cn(S(=O)(=O)Cc3ccccc3)c2cn1. The minimum absolute atomic E-state index is 0.0615. The van der Waals surface area contributed by atoms with Crippen molar-refractivity contribution in [1.29, 1.82) is 0 Å². The van der Waals surface area contributed by atoms with Crippen LogP contribution in [0.15, 0.2) is 91.3 Å². The third-order valence-electron chi connectivity index (χ3n) is 7.13. The number of hydrogen-bond acceptors (Lipinski definition) is 4. The molecule has 0 fully saturated rings. The molecule has 0 saturated heterocycles. The summed E-state index contributed by atoms with van der Waals surface area (Å²) in [5.41, 5.74) is 7.92. The monoisotopic (exact) mass is 538 g/mol. The molecule has 0 radical (unpaired) electrons. The van der Waals surface area contributed by atoms with E-state index in [1.165, 1.54) is 9.54 Å². The molecule has 6 heteroatoms. The van der Waals surface area contributed by atoms with Gasteiger partial charge in [0.25, 0.3) is 0 Å². The molecule has 200 valence electrons. The van der Waals surface area contributed by atoms with E-state index in [1.54, 1.807) is 12.4 Å². The molecular formula is C33H34N2O3S. The smallest absolute Gasteiger partial charge is 0.243 e. The van der Waals surface area contributed by atoms with Gasteiger partial charge in [0, 0.05) is 23.7 Å². The van der Waals surface area contributed by atoms with E-state index in [4.69, 9.17) is 9.72 Å². The lowest BCUT2D eigenvalue weighted by atomic mass is 9.96. The second-order valence-electron chi connectivity index (χ2n) is 10.5. The fourth-order valence-electron chi connectivity index (χ4n) is 5.04. The quantitative estimate of drug-likeness (QED) is 0.197. The van der Waals surface area contributed by atoms with Gasteiger partial charge < -0.3 is 4.74 Å². The van der Waals surface area contributed by atoms with Crippen LogP contribution in [0.3, 0.4) is 0 Å². The number of fused-ring (bicyclic) bond motifs is 1. The van der Waals surface area contributed by atoms with Crippen LogP contribution in [0.4, 0.5) is 0 Å². The van der Waals surface area contributed by atoms with Gasteiger partial charge >= 0.3 is 0 Å². The van der Waals surface area contributed by atoms with Gasteiger partial charge in [-0.25, -0.2) is 12.4 Å². The molecular weight excluding hydrogens is 504 g/mol. The first-order valence-corrected chi connectivity index (χ1v) is 14.9. The Morgan fingerprint density at radius 2 is 1.49 bits per heavy atom. The van der Waals surface area contributed by atoms with E-state index in [0.29, 0.717) is 18.5 Å². The molecule has 2 aromatic heterocycles. The normalized spacial score (nSPS) is 11.8. The van der Waals surface area contributed by atoms with Crippen LogP contribution in [0, 0.1) is 13.8 Å². The van der Waals surface area contributed by atoms with Crippen LogP contribution in [0.25, 0.3) is 10.9 Å². The number of nitrogens with zero attached hydrogens (tertiary/aromatic N) is 2. The molecule has 2 heterocycles. The number of pyridine rings is 1. The van der Waals surface area contributed by atoms with Crippen molar-refractivity contribution in [3.63, 3.8) is 0 Å². The average molecular weight is 539 g/mol. The zero-order valence-corrected chi connectivity index (χ0v) is 23.7. The van der Waals surface area contributed by atoms with Gasteiger partial charge in [0.15, 0.2) is 0 Å². The Morgan fingerprint density at radius 1 is 0.872 bits per heavy atom. The van der Waals surface area contributed by atoms with Crippen LogP contribution in [0.5, 0.6) is 5.75 Å². The summed E-state index contributed by atoms with van der Waals surface area (Å²) in [6.45, 7) is 8.90. The van der Waals surface area contributed by atoms with Gasteiger partial charge in [-0.1, -0.05) is 74.5 Å². The summed E-state index contributed by atoms with van der Waals surface area (Å²) >= 11 is 0. The minimum Gasteiger partial charge on any atom is -0.489 e. The highest BCUT2D eigenvalue weighted by atomic mass is 32.2. The highest BCUT2D eigenvalue weighted by molar-refractivity contribution is 7.89. The van der Waals surface area contributed by atoms with Crippen molar-refractivity contribution in [1.82, 2.24) is 8.96 Å². The van der Waals surface area contributed by atoms with E-state index in [0.717, 1.165) is 44.6 Å². The van der Waals surface area contributed by atoms with E-state index in [9.17, 15) is 8.42 Å². The Kier molecular flexibility index (Phi) is 7.58. The lowest BCUT2D eigenvalue weighted by Gasteiger charge is -2.14. The first kappa shape index (κ1) is 26.7. The van der Waals surface area contributed by atoms with Crippen LogP contribution >= 0.6 is 0 Å². The van der Waals surface area contributed by atoms with Gasteiger partial charge in [-0.15, -0.1) is 0 Å². The summed E-state index contributed by atoms with van der Waals surface area (Å²) in [5, 5.41) is 0.935. The van der Waals surface area contributed by atoms with Crippen LogP contribution < -0.4 is 4.74 Å². The molecule has 0 aliphatic carbocycles. The standard InChI is InChI=1S/C33H34N2O3S/c1-23(2)32-20-35(39(36,37)22-27-13-9-6-10-14-27)33-19-34-28(18-31(32)33)17-30-24(3)15-29(16-25(30)4)38-21-26-11-7-5-8-12-26/h5-16,18-20,23H,17,21-22H2,1-4H3. The Hall–Kier alpha value is -3.90. The van der Waals surface area contributed by atoms with Crippen molar-refractivity contribution in [3.8, 4) is 5.75 Å². The molecule has 5 rings (SSSR count). The van der Waals surface area contributed by atoms with Crippen molar-refractivity contribution in [2.24, 2.45) is 0 Å². The molecule has 5 nitrogen and oxygen atoms in total. The molecule has 3 aromatic carbocycles. The van der Waals surface area contributed by atoms with Gasteiger partial charge in [0.05, 0.1) is 17.5 Å². The zero-order chi connectivity index (χ0) is 27.6. The maximum atomic E-state index is 13.4. The highest BCUT2D eigenvalue weighted by Gasteiger charge is 2.22. The summed E-state index contributed by atoms with van der Waals surface area (Å²) in [4.78, 5) is 4.72. The van der Waals surface area contributed by atoms with Crippen LogP contribution in [-0.4, -0.2) is 17.4 Å². The predicted molar refractivity (Wildman–Crippen MR) is 158 cm³/mol. The zero-order valence-electron chi connectivity index (χ0n) is 22.9. The Labute approximate surface area is 231 Å². The van der Waals surface area contributed by atoms with Crippen molar-refractivity contribution >= 4 is 20.9 Å². The molecule has 0 spiro atoms. The predicted octanol–water partition coefficient (Wildman–Crippen LogP) is 7.32. The molecule has 0 aliphatic rings. The van der Waals surface area contributed by atoms with Gasteiger partial charge in [-0.3, -0.25) is 4.98 Å². The fraction of sp³-hybridized carbons (Fsp3) is 0.242. The number of benzene rings is 3. The third kappa shape index (κ3) is 5.91. The number of rotatable bonds is 9. The number of aryl methyl sites for hydroxylation is 2. The molecule has 5 aromatic rings. The Balaban J connectivity index is 1.43. The minimum atomic E-state index is -3.61. The highest BCUT2D eigenvalue weighted by Crippen LogP contribution is 2.31. The summed E-state index contributed by atoms with van der Waals surface area (Å²) in [6, 6.07) is 25.6. The molecule has 0 bridgehead atoms. The molecule has 0 atom stereocenters. The van der Waals surface area contributed by atoms with Crippen molar-refractivity contribution in [3.05, 3.63) is 130 Å². The molecule has 0 saturated carbocycles. The first-order valence-electron chi connectivity index (χ1n) is 13.2. The lowest BCUT2D eigenvalue weighted by Crippen LogP contribution is -2.14. The molecule has 0 amide bonds. The van der Waals surface area contributed by atoms with Gasteiger partial charge in [0.1, 0.15) is 12.4 Å². The summed E-state index contributed by atoms with van der Waals surface area (Å²) in [7, 11) is -3.61. The fourth-order valence-corrected chi connectivity index (χ4v) is 6.51. The Morgan fingerprint density at radius 3 is 2.10 bits per heavy atom. The van der Waals surface area contributed by atoms with Crippen molar-refractivity contribution in [2.75, 3.05) is 0 Å². The summed E-state index contributed by atoms with van der Waals surface area (Å²) in [6.07, 6.45) is 4.14. The first-order chi connectivity index (χ1) is 18.7. The van der Waals surface area contributed by atoms with E-state index in [-0.39, 0.29) is 11.7 Å². The van der Waals surface area contributed by atoms with Crippen LogP contribution in [0.2, 0.25) is 0 Å². The second-order valence-corrected chi connectivity index (χ2v) is 12.3. The van der Waals surface area contributed by atoms with E-state index in [2.05, 4.69) is 58.0 Å². The van der Waals surface area contributed by atoms with Crippen molar-refractivity contribution in [2.45, 2.75) is 52.4 Å². The van der Waals surface area contributed by atoms with Crippen LogP contribution in [-0.2, 0) is 28.8 Å². The van der Waals surface area contributed by atoms with E-state index in [1.807, 2.05) is 48.5 Å². The third-order valence-corrected chi connectivity index (χ3v) is 8.73. The maximum absolute atomic E-state index is 13.4. The number of aromatic nitrogens is 2.